The minimum atomic E-state index is 0.0249. The van der Waals surface area contributed by atoms with Crippen LogP contribution < -0.4 is 10.2 Å². The predicted molar refractivity (Wildman–Crippen MR) is 124 cm³/mol. The normalized spacial score (nSPS) is 13.8. The summed E-state index contributed by atoms with van der Waals surface area (Å²) >= 11 is 1.69. The molecule has 6 heteroatoms. The van der Waals surface area contributed by atoms with Gasteiger partial charge in [0.05, 0.1) is 5.69 Å². The van der Waals surface area contributed by atoms with E-state index in [1.807, 2.05) is 54.6 Å². The number of carbonyl (C=O) groups excluding carboxylic acids is 1. The van der Waals surface area contributed by atoms with Gasteiger partial charge in [0.1, 0.15) is 0 Å². The van der Waals surface area contributed by atoms with E-state index in [9.17, 15) is 4.79 Å². The van der Waals surface area contributed by atoms with Crippen molar-refractivity contribution in [3.05, 3.63) is 66.7 Å². The summed E-state index contributed by atoms with van der Waals surface area (Å²) in [7, 11) is 0. The number of anilines is 2. The van der Waals surface area contributed by atoms with Crippen LogP contribution in [0.4, 0.5) is 11.5 Å². The van der Waals surface area contributed by atoms with Crippen molar-refractivity contribution in [2.24, 2.45) is 0 Å². The monoisotopic (exact) mass is 418 g/mol. The maximum absolute atomic E-state index is 12.2. The molecule has 2 heterocycles. The molecule has 0 unspecified atom stereocenters. The smallest absolute Gasteiger partial charge is 0.225 e. The van der Waals surface area contributed by atoms with Crippen LogP contribution in [-0.4, -0.2) is 34.9 Å². The predicted octanol–water partition coefficient (Wildman–Crippen LogP) is 5.25. The lowest BCUT2D eigenvalue weighted by molar-refractivity contribution is -0.115. The molecule has 5 nitrogen and oxygen atoms in total. The Balaban J connectivity index is 1.28. The van der Waals surface area contributed by atoms with Crippen LogP contribution in [0.15, 0.2) is 71.6 Å². The van der Waals surface area contributed by atoms with Crippen LogP contribution in [-0.2, 0) is 4.79 Å². The molecular weight excluding hydrogens is 392 g/mol. The zero-order valence-corrected chi connectivity index (χ0v) is 17.8. The molecule has 1 N–H and O–H groups in total. The molecule has 1 fully saturated rings. The minimum absolute atomic E-state index is 0.0249. The van der Waals surface area contributed by atoms with E-state index in [0.717, 1.165) is 41.6 Å². The molecule has 0 radical (unpaired) electrons. The third kappa shape index (κ3) is 5.60. The lowest BCUT2D eigenvalue weighted by Gasteiger charge is -2.27. The van der Waals surface area contributed by atoms with Gasteiger partial charge < -0.3 is 10.2 Å². The van der Waals surface area contributed by atoms with Crippen LogP contribution >= 0.6 is 11.8 Å². The molecular formula is C24H26N4OS. The fraction of sp³-hybridized carbons (Fsp3) is 0.292. The van der Waals surface area contributed by atoms with Crippen molar-refractivity contribution in [2.75, 3.05) is 29.1 Å². The Hall–Kier alpha value is -2.86. The molecule has 0 saturated carbocycles. The van der Waals surface area contributed by atoms with Gasteiger partial charge in [-0.3, -0.25) is 4.79 Å². The van der Waals surface area contributed by atoms with Crippen molar-refractivity contribution in [3.63, 3.8) is 0 Å². The number of benzene rings is 2. The number of aromatic nitrogens is 2. The molecule has 1 amide bonds. The number of thioether (sulfide) groups is 1. The molecule has 3 aromatic rings. The largest absolute Gasteiger partial charge is 0.355 e. The van der Waals surface area contributed by atoms with Gasteiger partial charge in [0, 0.05) is 41.4 Å². The van der Waals surface area contributed by atoms with E-state index < -0.39 is 0 Å². The standard InChI is InChI=1S/C24H26N4OS/c29-24(15-18-30-21-7-3-1-4-8-21)25-20-11-9-19(10-12-20)22-13-14-23(27-26-22)28-16-5-2-6-17-28/h1,3-4,7-14H,2,5-6,15-18H2,(H,25,29). The van der Waals surface area contributed by atoms with Gasteiger partial charge in [0.15, 0.2) is 5.82 Å². The highest BCUT2D eigenvalue weighted by atomic mass is 32.2. The molecule has 0 bridgehead atoms. The van der Waals surface area contributed by atoms with Crippen LogP contribution in [0.1, 0.15) is 25.7 Å². The van der Waals surface area contributed by atoms with Crippen molar-refractivity contribution in [1.29, 1.82) is 0 Å². The van der Waals surface area contributed by atoms with E-state index in [4.69, 9.17) is 0 Å². The molecule has 30 heavy (non-hydrogen) atoms. The molecule has 4 rings (SSSR count). The second kappa shape index (κ2) is 10.3. The van der Waals surface area contributed by atoms with E-state index in [-0.39, 0.29) is 5.91 Å². The average molecular weight is 419 g/mol. The van der Waals surface area contributed by atoms with Gasteiger partial charge in [-0.25, -0.2) is 0 Å². The third-order valence-electron chi connectivity index (χ3n) is 5.14. The summed E-state index contributed by atoms with van der Waals surface area (Å²) in [5.41, 5.74) is 2.63. The van der Waals surface area contributed by atoms with Gasteiger partial charge >= 0.3 is 0 Å². The fourth-order valence-corrected chi connectivity index (χ4v) is 4.37. The maximum Gasteiger partial charge on any atom is 0.225 e. The molecule has 1 aliphatic heterocycles. The minimum Gasteiger partial charge on any atom is -0.355 e. The van der Waals surface area contributed by atoms with E-state index in [2.05, 4.69) is 32.5 Å². The summed E-state index contributed by atoms with van der Waals surface area (Å²) in [6.07, 6.45) is 4.23. The Labute approximate surface area is 181 Å². The molecule has 0 aliphatic carbocycles. The van der Waals surface area contributed by atoms with Crippen molar-refractivity contribution >= 4 is 29.2 Å². The van der Waals surface area contributed by atoms with Gasteiger partial charge in [-0.1, -0.05) is 30.3 Å². The molecule has 0 atom stereocenters. The summed E-state index contributed by atoms with van der Waals surface area (Å²) < 4.78 is 0. The second-order valence-electron chi connectivity index (χ2n) is 7.36. The van der Waals surface area contributed by atoms with Crippen LogP contribution in [0.3, 0.4) is 0 Å². The van der Waals surface area contributed by atoms with Gasteiger partial charge in [0.25, 0.3) is 0 Å². The quantitative estimate of drug-likeness (QED) is 0.531. The number of hydrogen-bond acceptors (Lipinski definition) is 5. The number of piperidine rings is 1. The van der Waals surface area contributed by atoms with E-state index in [0.29, 0.717) is 6.42 Å². The summed E-state index contributed by atoms with van der Waals surface area (Å²) in [4.78, 5) is 15.7. The van der Waals surface area contributed by atoms with Crippen LogP contribution in [0.25, 0.3) is 11.3 Å². The summed E-state index contributed by atoms with van der Waals surface area (Å²) in [5, 5.41) is 11.8. The van der Waals surface area contributed by atoms with Crippen LogP contribution in [0.2, 0.25) is 0 Å². The number of nitrogens with zero attached hydrogens (tertiary/aromatic N) is 3. The summed E-state index contributed by atoms with van der Waals surface area (Å²) in [5.74, 6) is 1.74. The average Bonchev–Trinajstić information content (AvgIpc) is 2.81. The van der Waals surface area contributed by atoms with E-state index >= 15 is 0 Å². The Morgan fingerprint density at radius 2 is 1.67 bits per heavy atom. The summed E-state index contributed by atoms with van der Waals surface area (Å²) in [6, 6.07) is 22.0. The Kier molecular flexibility index (Phi) is 6.98. The van der Waals surface area contributed by atoms with Gasteiger partial charge in [-0.15, -0.1) is 22.0 Å². The number of rotatable bonds is 7. The Morgan fingerprint density at radius 1 is 0.900 bits per heavy atom. The topological polar surface area (TPSA) is 58.1 Å². The number of amides is 1. The number of nitrogens with one attached hydrogen (secondary N) is 1. The van der Waals surface area contributed by atoms with Crippen molar-refractivity contribution in [1.82, 2.24) is 10.2 Å². The highest BCUT2D eigenvalue weighted by Gasteiger charge is 2.12. The summed E-state index contributed by atoms with van der Waals surface area (Å²) in [6.45, 7) is 2.12. The zero-order valence-electron chi connectivity index (χ0n) is 17.0. The SMILES string of the molecule is O=C(CCSc1ccccc1)Nc1ccc(-c2ccc(N3CCCCC3)nn2)cc1. The molecule has 0 spiro atoms. The molecule has 1 aromatic heterocycles. The van der Waals surface area contributed by atoms with Crippen molar-refractivity contribution in [2.45, 2.75) is 30.6 Å². The van der Waals surface area contributed by atoms with Gasteiger partial charge in [-0.2, -0.15) is 0 Å². The zero-order chi connectivity index (χ0) is 20.6. The number of hydrogen-bond donors (Lipinski definition) is 1. The van der Waals surface area contributed by atoms with Gasteiger partial charge in [-0.05, 0) is 55.7 Å². The molecule has 2 aromatic carbocycles. The van der Waals surface area contributed by atoms with Crippen LogP contribution in [0.5, 0.6) is 0 Å². The van der Waals surface area contributed by atoms with Crippen LogP contribution in [0, 0.1) is 0 Å². The lowest BCUT2D eigenvalue weighted by Crippen LogP contribution is -2.30. The first-order chi connectivity index (χ1) is 14.8. The van der Waals surface area contributed by atoms with Gasteiger partial charge in [0.2, 0.25) is 5.91 Å². The van der Waals surface area contributed by atoms with E-state index in [1.54, 1.807) is 11.8 Å². The maximum atomic E-state index is 12.2. The molecule has 1 aliphatic rings. The highest BCUT2D eigenvalue weighted by Crippen LogP contribution is 2.23. The lowest BCUT2D eigenvalue weighted by atomic mass is 10.1. The first-order valence-corrected chi connectivity index (χ1v) is 11.4. The number of carbonyl (C=O) groups is 1. The Morgan fingerprint density at radius 3 is 2.37 bits per heavy atom. The Bertz CT molecular complexity index is 939. The highest BCUT2D eigenvalue weighted by molar-refractivity contribution is 7.99. The fourth-order valence-electron chi connectivity index (χ4n) is 3.50. The second-order valence-corrected chi connectivity index (χ2v) is 8.53. The third-order valence-corrected chi connectivity index (χ3v) is 6.15. The molecule has 154 valence electrons. The first kappa shape index (κ1) is 20.4. The first-order valence-electron chi connectivity index (χ1n) is 10.4. The van der Waals surface area contributed by atoms with Crippen molar-refractivity contribution < 1.29 is 4.79 Å². The van der Waals surface area contributed by atoms with Crippen molar-refractivity contribution in [3.8, 4) is 11.3 Å². The van der Waals surface area contributed by atoms with E-state index in [1.165, 1.54) is 24.2 Å². The molecule has 1 saturated heterocycles.